The van der Waals surface area contributed by atoms with Crippen LogP contribution in [0.4, 0.5) is 0 Å². The highest BCUT2D eigenvalue weighted by atomic mass is 16.3. The summed E-state index contributed by atoms with van der Waals surface area (Å²) in [4.78, 5) is 16.8. The molecule has 1 amide bonds. The maximum Gasteiger partial charge on any atom is 0.251 e. The predicted molar refractivity (Wildman–Crippen MR) is 90.9 cm³/mol. The van der Waals surface area contributed by atoms with Crippen molar-refractivity contribution in [3.8, 4) is 0 Å². The summed E-state index contributed by atoms with van der Waals surface area (Å²) in [5, 5.41) is 10.4. The monoisotopic (exact) mass is 316 g/mol. The Kier molecular flexibility index (Phi) is 5.68. The smallest absolute Gasteiger partial charge is 0.251 e. The van der Waals surface area contributed by atoms with Crippen molar-refractivity contribution in [3.63, 3.8) is 0 Å². The average molecular weight is 316 g/mol. The Hall–Kier alpha value is -1.39. The quantitative estimate of drug-likeness (QED) is 0.927. The van der Waals surface area contributed by atoms with Crippen LogP contribution in [0.5, 0.6) is 0 Å². The normalized spacial score (nSPS) is 22.0. The summed E-state index contributed by atoms with van der Waals surface area (Å²) in [5.41, 5.74) is 1.31. The summed E-state index contributed by atoms with van der Waals surface area (Å²) in [6, 6.07) is 10.5. The molecule has 1 N–H and O–H groups in total. The van der Waals surface area contributed by atoms with E-state index in [4.69, 9.17) is 0 Å². The van der Waals surface area contributed by atoms with Gasteiger partial charge in [0.25, 0.3) is 5.91 Å². The Morgan fingerprint density at radius 2 is 1.70 bits per heavy atom. The topological polar surface area (TPSA) is 43.8 Å². The van der Waals surface area contributed by atoms with Crippen molar-refractivity contribution < 1.29 is 9.90 Å². The fraction of sp³-hybridized carbons (Fsp3) is 0.632. The molecule has 126 valence electrons. The lowest BCUT2D eigenvalue weighted by Crippen LogP contribution is -2.52. The lowest BCUT2D eigenvalue weighted by molar-refractivity contribution is -0.145. The van der Waals surface area contributed by atoms with Crippen LogP contribution >= 0.6 is 0 Å². The minimum Gasteiger partial charge on any atom is -0.383 e. The molecule has 2 fully saturated rings. The molecule has 0 radical (unpaired) electrons. The number of benzene rings is 1. The van der Waals surface area contributed by atoms with Gasteiger partial charge in [0.15, 0.2) is 0 Å². The molecule has 3 rings (SSSR count). The second kappa shape index (κ2) is 7.93. The van der Waals surface area contributed by atoms with Gasteiger partial charge < -0.3 is 10.0 Å². The number of carbonyl (C=O) groups excluding carboxylic acids is 1. The Morgan fingerprint density at radius 3 is 2.35 bits per heavy atom. The Morgan fingerprint density at radius 1 is 1.04 bits per heavy atom. The maximum atomic E-state index is 12.5. The van der Waals surface area contributed by atoms with Gasteiger partial charge in [-0.3, -0.25) is 9.69 Å². The van der Waals surface area contributed by atoms with E-state index >= 15 is 0 Å². The zero-order chi connectivity index (χ0) is 16.1. The SMILES string of the molecule is O=C(C(O)C1CCCCC1)N1CCN(Cc2ccccc2)CC1. The Balaban J connectivity index is 1.47. The van der Waals surface area contributed by atoms with Crippen molar-refractivity contribution in [1.29, 1.82) is 0 Å². The second-order valence-electron chi connectivity index (χ2n) is 6.93. The molecule has 1 saturated heterocycles. The average Bonchev–Trinajstić information content (AvgIpc) is 2.63. The number of hydrogen-bond acceptors (Lipinski definition) is 3. The van der Waals surface area contributed by atoms with Gasteiger partial charge in [0, 0.05) is 32.7 Å². The molecule has 0 aromatic heterocycles. The zero-order valence-electron chi connectivity index (χ0n) is 13.9. The van der Waals surface area contributed by atoms with Crippen molar-refractivity contribution in [2.24, 2.45) is 5.92 Å². The van der Waals surface area contributed by atoms with Crippen molar-refractivity contribution >= 4 is 5.91 Å². The predicted octanol–water partition coefficient (Wildman–Crippen LogP) is 2.27. The van der Waals surface area contributed by atoms with E-state index in [0.717, 1.165) is 58.4 Å². The van der Waals surface area contributed by atoms with E-state index in [1.807, 2.05) is 11.0 Å². The van der Waals surface area contributed by atoms with E-state index in [1.165, 1.54) is 12.0 Å². The number of aliphatic hydroxyl groups excluding tert-OH is 1. The van der Waals surface area contributed by atoms with Crippen LogP contribution in [0.2, 0.25) is 0 Å². The number of hydrogen-bond donors (Lipinski definition) is 1. The summed E-state index contributed by atoms with van der Waals surface area (Å²) in [5.74, 6) is 0.134. The number of aliphatic hydroxyl groups is 1. The fourth-order valence-electron chi connectivity index (χ4n) is 3.81. The number of amides is 1. The third kappa shape index (κ3) is 4.33. The van der Waals surface area contributed by atoms with E-state index in [2.05, 4.69) is 29.2 Å². The van der Waals surface area contributed by atoms with Gasteiger partial charge in [-0.1, -0.05) is 49.6 Å². The Labute approximate surface area is 139 Å². The van der Waals surface area contributed by atoms with Gasteiger partial charge in [-0.15, -0.1) is 0 Å². The third-order valence-electron chi connectivity index (χ3n) is 5.28. The van der Waals surface area contributed by atoms with Crippen LogP contribution in [-0.4, -0.2) is 53.1 Å². The van der Waals surface area contributed by atoms with E-state index in [1.54, 1.807) is 0 Å². The molecule has 23 heavy (non-hydrogen) atoms. The van der Waals surface area contributed by atoms with Crippen LogP contribution in [0.1, 0.15) is 37.7 Å². The van der Waals surface area contributed by atoms with Crippen LogP contribution < -0.4 is 0 Å². The van der Waals surface area contributed by atoms with Crippen molar-refractivity contribution in [3.05, 3.63) is 35.9 Å². The van der Waals surface area contributed by atoms with Crippen LogP contribution in [-0.2, 0) is 11.3 Å². The van der Waals surface area contributed by atoms with Crippen molar-refractivity contribution in [1.82, 2.24) is 9.80 Å². The summed E-state index contributed by atoms with van der Waals surface area (Å²) in [6.45, 7) is 4.18. The van der Waals surface area contributed by atoms with Crippen LogP contribution in [0, 0.1) is 5.92 Å². The van der Waals surface area contributed by atoms with Crippen LogP contribution in [0.3, 0.4) is 0 Å². The number of rotatable bonds is 4. The third-order valence-corrected chi connectivity index (χ3v) is 5.28. The van der Waals surface area contributed by atoms with Gasteiger partial charge >= 0.3 is 0 Å². The summed E-state index contributed by atoms with van der Waals surface area (Å²) >= 11 is 0. The first-order chi connectivity index (χ1) is 11.2. The maximum absolute atomic E-state index is 12.5. The minimum atomic E-state index is -0.782. The molecule has 1 atom stereocenters. The molecule has 4 nitrogen and oxygen atoms in total. The number of carbonyl (C=O) groups is 1. The molecule has 1 aromatic rings. The molecule has 1 unspecified atom stereocenters. The first kappa shape index (κ1) is 16.5. The summed E-state index contributed by atoms with van der Waals surface area (Å²) < 4.78 is 0. The van der Waals surface area contributed by atoms with Crippen LogP contribution in [0.25, 0.3) is 0 Å². The summed E-state index contributed by atoms with van der Waals surface area (Å²) in [6.07, 6.45) is 4.77. The lowest BCUT2D eigenvalue weighted by atomic mass is 9.85. The van der Waals surface area contributed by atoms with E-state index in [9.17, 15) is 9.90 Å². The van der Waals surface area contributed by atoms with E-state index in [0.29, 0.717) is 0 Å². The Bertz CT molecular complexity index is 491. The number of piperazine rings is 1. The van der Waals surface area contributed by atoms with Gasteiger partial charge in [0.1, 0.15) is 6.10 Å². The molecule has 2 aliphatic rings. The molecular formula is C19H28N2O2. The number of nitrogens with zero attached hydrogens (tertiary/aromatic N) is 2. The van der Waals surface area contributed by atoms with Gasteiger partial charge in [-0.05, 0) is 24.3 Å². The van der Waals surface area contributed by atoms with Gasteiger partial charge in [-0.25, -0.2) is 0 Å². The van der Waals surface area contributed by atoms with Gasteiger partial charge in [0.05, 0.1) is 0 Å². The van der Waals surface area contributed by atoms with E-state index < -0.39 is 6.10 Å². The molecule has 0 bridgehead atoms. The standard InChI is InChI=1S/C19H28N2O2/c22-18(17-9-5-2-6-10-17)19(23)21-13-11-20(12-14-21)15-16-7-3-1-4-8-16/h1,3-4,7-8,17-18,22H,2,5-6,9-15H2. The highest BCUT2D eigenvalue weighted by Gasteiger charge is 2.32. The second-order valence-corrected chi connectivity index (χ2v) is 6.93. The largest absolute Gasteiger partial charge is 0.383 e. The first-order valence-corrected chi connectivity index (χ1v) is 8.97. The molecule has 1 aliphatic heterocycles. The summed E-state index contributed by atoms with van der Waals surface area (Å²) in [7, 11) is 0. The molecule has 1 aromatic carbocycles. The van der Waals surface area contributed by atoms with Crippen molar-refractivity contribution in [2.75, 3.05) is 26.2 Å². The van der Waals surface area contributed by atoms with Gasteiger partial charge in [0.2, 0.25) is 0 Å². The van der Waals surface area contributed by atoms with Crippen LogP contribution in [0.15, 0.2) is 30.3 Å². The molecule has 1 saturated carbocycles. The minimum absolute atomic E-state index is 0.0451. The lowest BCUT2D eigenvalue weighted by Gasteiger charge is -2.37. The molecule has 1 aliphatic carbocycles. The molecular weight excluding hydrogens is 288 g/mol. The zero-order valence-corrected chi connectivity index (χ0v) is 13.9. The van der Waals surface area contributed by atoms with Gasteiger partial charge in [-0.2, -0.15) is 0 Å². The van der Waals surface area contributed by atoms with E-state index in [-0.39, 0.29) is 11.8 Å². The first-order valence-electron chi connectivity index (χ1n) is 8.97. The highest BCUT2D eigenvalue weighted by Crippen LogP contribution is 2.27. The molecule has 4 heteroatoms. The molecule has 0 spiro atoms. The van der Waals surface area contributed by atoms with Crippen molar-refractivity contribution in [2.45, 2.75) is 44.8 Å². The fourth-order valence-corrected chi connectivity index (χ4v) is 3.81. The highest BCUT2D eigenvalue weighted by molar-refractivity contribution is 5.81. The molecule has 1 heterocycles.